The Labute approximate surface area is 209 Å². The molecule has 0 N–H and O–H groups in total. The van der Waals surface area contributed by atoms with E-state index in [0.29, 0.717) is 29.7 Å². The number of rotatable bonds is 22. The van der Waals surface area contributed by atoms with E-state index in [2.05, 4.69) is 18.6 Å². The smallest absolute Gasteiger partial charge is 0.296 e. The Kier molecular flexibility index (Phi) is 18.3. The lowest BCUT2D eigenvalue weighted by molar-refractivity contribution is -0.118. The average molecular weight is 471 g/mol. The standard InChI is InChI=1S/C30H50N2O2/c1-3-5-7-9-11-13-15-17-19-21-29(33)27-24-23-26(32-31)25-28(27)30(34)22-20-18-16-14-12-10-8-6-4-2/h23-24H,3-22,25H2,1-2H3. The molecule has 0 aromatic heterocycles. The zero-order valence-corrected chi connectivity index (χ0v) is 22.2. The predicted octanol–water partition coefficient (Wildman–Crippen LogP) is 8.89. The van der Waals surface area contributed by atoms with E-state index < -0.39 is 0 Å². The quantitative estimate of drug-likeness (QED) is 0.0900. The molecule has 0 atom stereocenters. The molecule has 192 valence electrons. The van der Waals surface area contributed by atoms with Crippen molar-refractivity contribution in [3.05, 3.63) is 28.8 Å². The molecule has 0 heterocycles. The topological polar surface area (TPSA) is 70.5 Å². The van der Waals surface area contributed by atoms with Gasteiger partial charge in [0.25, 0.3) is 5.71 Å². The van der Waals surface area contributed by atoms with Crippen LogP contribution in [0.2, 0.25) is 0 Å². The van der Waals surface area contributed by atoms with Crippen LogP contribution in [0, 0.1) is 0 Å². The lowest BCUT2D eigenvalue weighted by Gasteiger charge is -2.13. The number of unbranched alkanes of at least 4 members (excludes halogenated alkanes) is 16. The first-order valence-corrected chi connectivity index (χ1v) is 14.3. The highest BCUT2D eigenvalue weighted by atomic mass is 16.1. The minimum atomic E-state index is 0.0453. The number of carbonyl (C=O) groups excluding carboxylic acids is 2. The summed E-state index contributed by atoms with van der Waals surface area (Å²) < 4.78 is 0. The summed E-state index contributed by atoms with van der Waals surface area (Å²) in [6.07, 6.45) is 26.4. The highest BCUT2D eigenvalue weighted by Gasteiger charge is 2.25. The van der Waals surface area contributed by atoms with Gasteiger partial charge in [-0.1, -0.05) is 117 Å². The van der Waals surface area contributed by atoms with Gasteiger partial charge in [-0.2, -0.15) is 4.79 Å². The molecule has 0 aliphatic heterocycles. The molecule has 4 nitrogen and oxygen atoms in total. The molecular weight excluding hydrogens is 420 g/mol. The van der Waals surface area contributed by atoms with Crippen molar-refractivity contribution in [2.75, 3.05) is 0 Å². The van der Waals surface area contributed by atoms with Gasteiger partial charge in [0.05, 0.1) is 6.42 Å². The summed E-state index contributed by atoms with van der Waals surface area (Å²) in [6.45, 7) is 4.47. The summed E-state index contributed by atoms with van der Waals surface area (Å²) in [5.74, 6) is 0.107. The number of hydrogen-bond donors (Lipinski definition) is 0. The monoisotopic (exact) mass is 470 g/mol. The van der Waals surface area contributed by atoms with Crippen LogP contribution in [0.3, 0.4) is 0 Å². The third-order valence-corrected chi connectivity index (χ3v) is 6.91. The van der Waals surface area contributed by atoms with Gasteiger partial charge in [-0.3, -0.25) is 9.59 Å². The van der Waals surface area contributed by atoms with Gasteiger partial charge in [-0.15, -0.1) is 0 Å². The van der Waals surface area contributed by atoms with Gasteiger partial charge in [0, 0.05) is 30.1 Å². The highest BCUT2D eigenvalue weighted by molar-refractivity contribution is 6.14. The number of carbonyl (C=O) groups is 2. The Morgan fingerprint density at radius 1 is 0.647 bits per heavy atom. The fourth-order valence-electron chi connectivity index (χ4n) is 4.67. The van der Waals surface area contributed by atoms with Crippen molar-refractivity contribution >= 4 is 17.3 Å². The summed E-state index contributed by atoms with van der Waals surface area (Å²) >= 11 is 0. The van der Waals surface area contributed by atoms with Crippen molar-refractivity contribution in [2.45, 2.75) is 149 Å². The number of ketones is 2. The van der Waals surface area contributed by atoms with E-state index in [4.69, 9.17) is 0 Å². The fourth-order valence-corrected chi connectivity index (χ4v) is 4.67. The Balaban J connectivity index is 2.39. The fraction of sp³-hybridized carbons (Fsp3) is 0.767. The van der Waals surface area contributed by atoms with Gasteiger partial charge in [-0.05, 0) is 18.9 Å². The van der Waals surface area contributed by atoms with Crippen LogP contribution in [0.15, 0.2) is 23.3 Å². The van der Waals surface area contributed by atoms with E-state index in [1.807, 2.05) is 0 Å². The van der Waals surface area contributed by atoms with Crippen LogP contribution in [0.5, 0.6) is 0 Å². The molecule has 0 spiro atoms. The second-order valence-electron chi connectivity index (χ2n) is 10.00. The molecule has 0 saturated heterocycles. The summed E-state index contributed by atoms with van der Waals surface area (Å²) in [4.78, 5) is 29.1. The molecule has 0 unspecified atom stereocenters. The predicted molar refractivity (Wildman–Crippen MR) is 143 cm³/mol. The molecule has 34 heavy (non-hydrogen) atoms. The summed E-state index contributed by atoms with van der Waals surface area (Å²) in [5.41, 5.74) is 10.7. The van der Waals surface area contributed by atoms with Gasteiger partial charge < -0.3 is 5.53 Å². The van der Waals surface area contributed by atoms with Crippen molar-refractivity contribution < 1.29 is 14.4 Å². The van der Waals surface area contributed by atoms with Crippen LogP contribution in [0.25, 0.3) is 5.53 Å². The first kappa shape index (κ1) is 30.2. The van der Waals surface area contributed by atoms with E-state index in [1.165, 1.54) is 89.9 Å². The molecule has 4 heteroatoms. The zero-order chi connectivity index (χ0) is 24.9. The lowest BCUT2D eigenvalue weighted by atomic mass is 9.87. The Hall–Kier alpha value is -1.80. The van der Waals surface area contributed by atoms with Crippen LogP contribution in [-0.4, -0.2) is 22.1 Å². The normalized spacial score (nSPS) is 13.4. The third-order valence-electron chi connectivity index (χ3n) is 6.91. The van der Waals surface area contributed by atoms with Crippen molar-refractivity contribution in [1.29, 1.82) is 0 Å². The summed E-state index contributed by atoms with van der Waals surface area (Å²) in [6, 6.07) is 0. The number of nitrogens with zero attached hydrogens (tertiary/aromatic N) is 2. The minimum Gasteiger partial charge on any atom is -0.361 e. The first-order chi connectivity index (χ1) is 16.6. The second-order valence-corrected chi connectivity index (χ2v) is 10.00. The SMILES string of the molecule is CCCCCCCCCCCC(=O)C1=C(C(=O)CCCCCCCCCCC)CC(=[N+]=[N-])C=C1. The maximum Gasteiger partial charge on any atom is 0.296 e. The molecule has 1 rings (SSSR count). The Morgan fingerprint density at radius 3 is 1.50 bits per heavy atom. The van der Waals surface area contributed by atoms with Crippen molar-refractivity contribution in [1.82, 2.24) is 0 Å². The van der Waals surface area contributed by atoms with Crippen LogP contribution >= 0.6 is 0 Å². The average Bonchev–Trinajstić information content (AvgIpc) is 2.86. The zero-order valence-electron chi connectivity index (χ0n) is 22.2. The van der Waals surface area contributed by atoms with Gasteiger partial charge in [0.1, 0.15) is 0 Å². The van der Waals surface area contributed by atoms with E-state index in [9.17, 15) is 15.1 Å². The molecule has 0 bridgehead atoms. The Bertz CT molecular complexity index is 699. The van der Waals surface area contributed by atoms with Crippen LogP contribution < -0.4 is 0 Å². The van der Waals surface area contributed by atoms with Gasteiger partial charge >= 0.3 is 0 Å². The lowest BCUT2D eigenvalue weighted by Crippen LogP contribution is -2.17. The third kappa shape index (κ3) is 13.8. The van der Waals surface area contributed by atoms with Gasteiger partial charge in [-0.25, -0.2) is 0 Å². The molecule has 0 fully saturated rings. The van der Waals surface area contributed by atoms with E-state index in [0.717, 1.165) is 25.7 Å². The van der Waals surface area contributed by atoms with E-state index in [1.54, 1.807) is 12.2 Å². The molecule has 0 amide bonds. The molecule has 0 aromatic rings. The van der Waals surface area contributed by atoms with Gasteiger partial charge in [0.2, 0.25) is 0 Å². The summed E-state index contributed by atoms with van der Waals surface area (Å²) in [5, 5.41) is 0. The largest absolute Gasteiger partial charge is 0.361 e. The van der Waals surface area contributed by atoms with Crippen LogP contribution in [0.4, 0.5) is 0 Å². The molecule has 0 radical (unpaired) electrons. The minimum absolute atomic E-state index is 0.0453. The highest BCUT2D eigenvalue weighted by Crippen LogP contribution is 2.23. The maximum atomic E-state index is 12.9. The number of Topliss-reactive ketones (excluding diaryl/α,β-unsaturated/α-hetero) is 2. The van der Waals surface area contributed by atoms with Crippen molar-refractivity contribution in [3.8, 4) is 0 Å². The van der Waals surface area contributed by atoms with Crippen LogP contribution in [-0.2, 0) is 9.59 Å². The summed E-state index contributed by atoms with van der Waals surface area (Å²) in [7, 11) is 0. The molecule has 1 aliphatic rings. The maximum absolute atomic E-state index is 12.9. The molecule has 0 saturated carbocycles. The van der Waals surface area contributed by atoms with Gasteiger partial charge in [0.15, 0.2) is 11.6 Å². The molecule has 0 aromatic carbocycles. The van der Waals surface area contributed by atoms with E-state index >= 15 is 0 Å². The Morgan fingerprint density at radius 2 is 1.06 bits per heavy atom. The number of allylic oxidation sites excluding steroid dienone is 4. The molecule has 1 aliphatic carbocycles. The van der Waals surface area contributed by atoms with Crippen molar-refractivity contribution in [3.63, 3.8) is 0 Å². The first-order valence-electron chi connectivity index (χ1n) is 14.3. The van der Waals surface area contributed by atoms with E-state index in [-0.39, 0.29) is 18.0 Å². The molecular formula is C30H50N2O2. The van der Waals surface area contributed by atoms with Crippen molar-refractivity contribution in [2.24, 2.45) is 0 Å². The van der Waals surface area contributed by atoms with Crippen LogP contribution in [0.1, 0.15) is 149 Å². The second kappa shape index (κ2) is 20.6. The number of hydrogen-bond acceptors (Lipinski definition) is 2.